The van der Waals surface area contributed by atoms with Crippen LogP contribution in [-0.2, 0) is 11.8 Å². The zero-order valence-corrected chi connectivity index (χ0v) is 10.5. The molecule has 0 aliphatic heterocycles. The first-order valence-electron chi connectivity index (χ1n) is 5.90. The first-order chi connectivity index (χ1) is 7.54. The van der Waals surface area contributed by atoms with Gasteiger partial charge in [0.2, 0.25) is 0 Å². The molecule has 0 spiro atoms. The lowest BCUT2D eigenvalue weighted by Gasteiger charge is -2.21. The van der Waals surface area contributed by atoms with Crippen LogP contribution in [0.5, 0.6) is 0 Å². The van der Waals surface area contributed by atoms with Gasteiger partial charge in [-0.05, 0) is 28.3 Å². The molecule has 2 rings (SSSR count). The van der Waals surface area contributed by atoms with Crippen LogP contribution < -0.4 is 0 Å². The van der Waals surface area contributed by atoms with Crippen molar-refractivity contribution in [3.05, 3.63) is 41.7 Å². The average molecular weight is 213 g/mol. The van der Waals surface area contributed by atoms with Gasteiger partial charge in [0.25, 0.3) is 0 Å². The summed E-state index contributed by atoms with van der Waals surface area (Å²) in [4.78, 5) is 4.36. The van der Waals surface area contributed by atoms with Crippen molar-refractivity contribution in [1.82, 2.24) is 4.98 Å². The van der Waals surface area contributed by atoms with Crippen molar-refractivity contribution in [3.63, 3.8) is 0 Å². The fourth-order valence-corrected chi connectivity index (χ4v) is 2.19. The predicted molar refractivity (Wildman–Crippen MR) is 69.8 cm³/mol. The molecule has 16 heavy (non-hydrogen) atoms. The molecule has 2 aromatic rings. The highest BCUT2D eigenvalue weighted by Gasteiger charge is 2.17. The summed E-state index contributed by atoms with van der Waals surface area (Å²) in [5.41, 5.74) is 2.89. The summed E-state index contributed by atoms with van der Waals surface area (Å²) in [6, 6.07) is 6.57. The summed E-state index contributed by atoms with van der Waals surface area (Å²) in [5.74, 6) is 0. The van der Waals surface area contributed by atoms with Crippen molar-refractivity contribution in [1.29, 1.82) is 0 Å². The van der Waals surface area contributed by atoms with Crippen LogP contribution in [0.1, 0.15) is 38.8 Å². The second-order valence-corrected chi connectivity index (χ2v) is 5.30. The monoisotopic (exact) mass is 213 g/mol. The molecular formula is C15H19N. The Kier molecular flexibility index (Phi) is 2.71. The standard InChI is InChI=1S/C15H19N/c1-5-11-9-16-10-13-12(11)7-6-8-14(13)15(2,3)4/h6-10H,5H2,1-4H3. The molecule has 1 heterocycles. The summed E-state index contributed by atoms with van der Waals surface area (Å²) in [6.07, 6.45) is 5.02. The molecule has 1 heteroatoms. The van der Waals surface area contributed by atoms with Crippen LogP contribution in [0.15, 0.2) is 30.6 Å². The molecule has 0 N–H and O–H groups in total. The van der Waals surface area contributed by atoms with Crippen LogP contribution >= 0.6 is 0 Å². The van der Waals surface area contributed by atoms with Gasteiger partial charge in [-0.2, -0.15) is 0 Å². The van der Waals surface area contributed by atoms with Crippen LogP contribution in [-0.4, -0.2) is 4.98 Å². The molecule has 0 bridgehead atoms. The highest BCUT2D eigenvalue weighted by Crippen LogP contribution is 2.30. The number of fused-ring (bicyclic) bond motifs is 1. The summed E-state index contributed by atoms with van der Waals surface area (Å²) in [5, 5.41) is 2.65. The van der Waals surface area contributed by atoms with Crippen molar-refractivity contribution in [2.24, 2.45) is 0 Å². The third-order valence-corrected chi connectivity index (χ3v) is 3.07. The first-order valence-corrected chi connectivity index (χ1v) is 5.90. The predicted octanol–water partition coefficient (Wildman–Crippen LogP) is 4.09. The Morgan fingerprint density at radius 3 is 2.44 bits per heavy atom. The second kappa shape index (κ2) is 3.89. The van der Waals surface area contributed by atoms with E-state index in [1.807, 2.05) is 12.4 Å². The number of hydrogen-bond donors (Lipinski definition) is 0. The van der Waals surface area contributed by atoms with Gasteiger partial charge in [-0.15, -0.1) is 0 Å². The number of aromatic nitrogens is 1. The fourth-order valence-electron chi connectivity index (χ4n) is 2.19. The zero-order chi connectivity index (χ0) is 11.8. The maximum atomic E-state index is 4.36. The van der Waals surface area contributed by atoms with E-state index < -0.39 is 0 Å². The van der Waals surface area contributed by atoms with Gasteiger partial charge in [-0.25, -0.2) is 0 Å². The van der Waals surface area contributed by atoms with Crippen LogP contribution in [0.25, 0.3) is 10.8 Å². The Bertz CT molecular complexity index is 506. The smallest absolute Gasteiger partial charge is 0.0349 e. The van der Waals surface area contributed by atoms with E-state index in [9.17, 15) is 0 Å². The van der Waals surface area contributed by atoms with Crippen LogP contribution in [0.2, 0.25) is 0 Å². The third-order valence-electron chi connectivity index (χ3n) is 3.07. The Morgan fingerprint density at radius 1 is 1.06 bits per heavy atom. The molecule has 0 fully saturated rings. The molecule has 0 unspecified atom stereocenters. The molecule has 0 saturated carbocycles. The van der Waals surface area contributed by atoms with E-state index in [1.54, 1.807) is 0 Å². The third kappa shape index (κ3) is 1.82. The highest BCUT2D eigenvalue weighted by molar-refractivity contribution is 5.88. The lowest BCUT2D eigenvalue weighted by atomic mass is 9.83. The lowest BCUT2D eigenvalue weighted by molar-refractivity contribution is 0.596. The van der Waals surface area contributed by atoms with Crippen molar-refractivity contribution in [2.75, 3.05) is 0 Å². The molecule has 0 aliphatic rings. The lowest BCUT2D eigenvalue weighted by Crippen LogP contribution is -2.11. The van der Waals surface area contributed by atoms with E-state index in [0.717, 1.165) is 6.42 Å². The molecule has 1 aromatic carbocycles. The van der Waals surface area contributed by atoms with E-state index in [4.69, 9.17) is 0 Å². The van der Waals surface area contributed by atoms with Crippen LogP contribution in [0, 0.1) is 0 Å². The number of pyridine rings is 1. The van der Waals surface area contributed by atoms with Gasteiger partial charge < -0.3 is 0 Å². The number of benzene rings is 1. The number of rotatable bonds is 1. The van der Waals surface area contributed by atoms with Gasteiger partial charge in [0, 0.05) is 17.8 Å². The highest BCUT2D eigenvalue weighted by atomic mass is 14.6. The Balaban J connectivity index is 2.79. The maximum Gasteiger partial charge on any atom is 0.0349 e. The van der Waals surface area contributed by atoms with Gasteiger partial charge in [0.1, 0.15) is 0 Å². The molecule has 0 amide bonds. The SMILES string of the molecule is CCc1cncc2c(C(C)(C)C)cccc12. The van der Waals surface area contributed by atoms with Crippen LogP contribution in [0.3, 0.4) is 0 Å². The van der Waals surface area contributed by atoms with Gasteiger partial charge >= 0.3 is 0 Å². The van der Waals surface area contributed by atoms with Gasteiger partial charge in [-0.1, -0.05) is 45.9 Å². The van der Waals surface area contributed by atoms with Crippen molar-refractivity contribution in [2.45, 2.75) is 39.5 Å². The summed E-state index contributed by atoms with van der Waals surface area (Å²) in [7, 11) is 0. The minimum atomic E-state index is 0.174. The van der Waals surface area contributed by atoms with E-state index in [-0.39, 0.29) is 5.41 Å². The van der Waals surface area contributed by atoms with Gasteiger partial charge in [0.05, 0.1) is 0 Å². The van der Waals surface area contributed by atoms with Crippen molar-refractivity contribution < 1.29 is 0 Å². The fraction of sp³-hybridized carbons (Fsp3) is 0.400. The molecule has 1 nitrogen and oxygen atoms in total. The van der Waals surface area contributed by atoms with Gasteiger partial charge in [0.15, 0.2) is 0 Å². The number of nitrogens with zero attached hydrogens (tertiary/aromatic N) is 1. The van der Waals surface area contributed by atoms with E-state index >= 15 is 0 Å². The minimum absolute atomic E-state index is 0.174. The molecule has 0 saturated heterocycles. The molecule has 0 aliphatic carbocycles. The minimum Gasteiger partial charge on any atom is -0.264 e. The van der Waals surface area contributed by atoms with Crippen molar-refractivity contribution >= 4 is 10.8 Å². The topological polar surface area (TPSA) is 12.9 Å². The summed E-state index contributed by atoms with van der Waals surface area (Å²) < 4.78 is 0. The zero-order valence-electron chi connectivity index (χ0n) is 10.5. The quantitative estimate of drug-likeness (QED) is 0.695. The van der Waals surface area contributed by atoms with Crippen molar-refractivity contribution in [3.8, 4) is 0 Å². The summed E-state index contributed by atoms with van der Waals surface area (Å²) >= 11 is 0. The Morgan fingerprint density at radius 2 is 1.81 bits per heavy atom. The number of aryl methyl sites for hydroxylation is 1. The molecule has 84 valence electrons. The Hall–Kier alpha value is -1.37. The molecule has 0 radical (unpaired) electrons. The number of hydrogen-bond acceptors (Lipinski definition) is 1. The average Bonchev–Trinajstić information content (AvgIpc) is 2.26. The normalized spacial score (nSPS) is 12.0. The molecular weight excluding hydrogens is 194 g/mol. The van der Waals surface area contributed by atoms with Gasteiger partial charge in [-0.3, -0.25) is 4.98 Å². The summed E-state index contributed by atoms with van der Waals surface area (Å²) in [6.45, 7) is 8.93. The molecule has 1 aromatic heterocycles. The second-order valence-electron chi connectivity index (χ2n) is 5.30. The van der Waals surface area contributed by atoms with E-state index in [0.29, 0.717) is 0 Å². The largest absolute Gasteiger partial charge is 0.264 e. The Labute approximate surface area is 97.5 Å². The first kappa shape index (κ1) is 11.1. The van der Waals surface area contributed by atoms with E-state index in [1.165, 1.54) is 21.9 Å². The maximum absolute atomic E-state index is 4.36. The van der Waals surface area contributed by atoms with Crippen LogP contribution in [0.4, 0.5) is 0 Å². The molecule has 0 atom stereocenters. The van der Waals surface area contributed by atoms with E-state index in [2.05, 4.69) is 50.9 Å².